The molecule has 2 nitrogen and oxygen atoms in total. The number of nitrogens with zero attached hydrogens (tertiary/aromatic N) is 1. The van der Waals surface area contributed by atoms with Crippen LogP contribution in [0, 0.1) is 23.0 Å². The van der Waals surface area contributed by atoms with E-state index in [-0.39, 0.29) is 0 Å². The van der Waals surface area contributed by atoms with Crippen LogP contribution in [0.2, 0.25) is 0 Å². The first kappa shape index (κ1) is 15.3. The quantitative estimate of drug-likeness (QED) is 0.586. The minimum atomic E-state index is -0.830. The average molecular weight is 305 g/mol. The van der Waals surface area contributed by atoms with Crippen molar-refractivity contribution in [3.05, 3.63) is 59.7 Å². The van der Waals surface area contributed by atoms with Crippen LogP contribution in [-0.2, 0) is 0 Å². The van der Waals surface area contributed by atoms with Crippen molar-refractivity contribution in [2.24, 2.45) is 0 Å². The van der Waals surface area contributed by atoms with Gasteiger partial charge in [0, 0.05) is 10.6 Å². The molecule has 0 saturated carbocycles. The van der Waals surface area contributed by atoms with Crippen molar-refractivity contribution in [3.63, 3.8) is 0 Å². The van der Waals surface area contributed by atoms with E-state index in [1.807, 2.05) is 6.07 Å². The molecule has 2 rings (SSSR count). The van der Waals surface area contributed by atoms with Gasteiger partial charge in [0.15, 0.2) is 11.6 Å². The second-order valence-electron chi connectivity index (χ2n) is 4.26. The van der Waals surface area contributed by atoms with E-state index in [0.717, 1.165) is 18.2 Å². The van der Waals surface area contributed by atoms with Gasteiger partial charge in [0.05, 0.1) is 18.2 Å². The number of ether oxygens (including phenoxy) is 1. The highest BCUT2D eigenvalue weighted by molar-refractivity contribution is 7.99. The molecule has 0 N–H and O–H groups in total. The van der Waals surface area contributed by atoms with Crippen LogP contribution in [0.15, 0.2) is 47.4 Å². The third-order valence-corrected chi connectivity index (χ3v) is 3.78. The van der Waals surface area contributed by atoms with Crippen LogP contribution in [-0.4, -0.2) is 12.4 Å². The van der Waals surface area contributed by atoms with Crippen molar-refractivity contribution >= 4 is 11.8 Å². The number of hydrogen-bond donors (Lipinski definition) is 0. The molecule has 0 fully saturated rings. The highest BCUT2D eigenvalue weighted by Gasteiger charge is 2.03. The van der Waals surface area contributed by atoms with Crippen LogP contribution < -0.4 is 4.74 Å². The average Bonchev–Trinajstić information content (AvgIpc) is 2.51. The lowest BCUT2D eigenvalue weighted by molar-refractivity contribution is 0.318. The van der Waals surface area contributed by atoms with Crippen molar-refractivity contribution in [1.29, 1.82) is 5.26 Å². The van der Waals surface area contributed by atoms with Crippen LogP contribution in [0.4, 0.5) is 8.78 Å². The van der Waals surface area contributed by atoms with Crippen LogP contribution >= 0.6 is 11.8 Å². The summed E-state index contributed by atoms with van der Waals surface area (Å²) < 4.78 is 31.3. The van der Waals surface area contributed by atoms with Gasteiger partial charge in [-0.1, -0.05) is 0 Å². The molecule has 0 aliphatic rings. The molecule has 0 radical (unpaired) electrons. The Bertz CT molecular complexity index is 638. The summed E-state index contributed by atoms with van der Waals surface area (Å²) in [4.78, 5) is 0.701. The van der Waals surface area contributed by atoms with Crippen LogP contribution in [0.1, 0.15) is 12.0 Å². The first-order valence-corrected chi connectivity index (χ1v) is 7.38. The second-order valence-corrected chi connectivity index (χ2v) is 5.43. The van der Waals surface area contributed by atoms with E-state index in [1.54, 1.807) is 30.3 Å². The Kier molecular flexibility index (Phi) is 5.59. The highest BCUT2D eigenvalue weighted by Crippen LogP contribution is 2.21. The number of thioether (sulfide) groups is 1. The first-order valence-electron chi connectivity index (χ1n) is 6.40. The SMILES string of the molecule is N#Cc1ccc(OCCCSc2ccc(F)c(F)c2)cc1. The fraction of sp³-hybridized carbons (Fsp3) is 0.188. The number of nitriles is 1. The fourth-order valence-corrected chi connectivity index (χ4v) is 2.48. The van der Waals surface area contributed by atoms with E-state index in [4.69, 9.17) is 10.00 Å². The molecular weight excluding hydrogens is 292 g/mol. The zero-order chi connectivity index (χ0) is 15.1. The Morgan fingerprint density at radius 3 is 2.48 bits per heavy atom. The van der Waals surface area contributed by atoms with Crippen molar-refractivity contribution < 1.29 is 13.5 Å². The third kappa shape index (κ3) is 4.76. The number of rotatable bonds is 6. The van der Waals surface area contributed by atoms with Gasteiger partial charge in [-0.05, 0) is 48.9 Å². The van der Waals surface area contributed by atoms with Gasteiger partial charge < -0.3 is 4.74 Å². The molecule has 0 heterocycles. The minimum absolute atomic E-state index is 0.530. The normalized spacial score (nSPS) is 10.1. The molecule has 0 amide bonds. The van der Waals surface area contributed by atoms with Gasteiger partial charge >= 0.3 is 0 Å². The summed E-state index contributed by atoms with van der Waals surface area (Å²) in [5.41, 5.74) is 0.594. The van der Waals surface area contributed by atoms with Crippen LogP contribution in [0.25, 0.3) is 0 Å². The lowest BCUT2D eigenvalue weighted by Crippen LogP contribution is -1.98. The van der Waals surface area contributed by atoms with Crippen LogP contribution in [0.5, 0.6) is 5.75 Å². The Hall–Kier alpha value is -2.06. The zero-order valence-electron chi connectivity index (χ0n) is 11.2. The summed E-state index contributed by atoms with van der Waals surface area (Å²) in [6.07, 6.45) is 0.781. The molecule has 0 aromatic heterocycles. The summed E-state index contributed by atoms with van der Waals surface area (Å²) in [5.74, 6) is -0.189. The van der Waals surface area contributed by atoms with Gasteiger partial charge in [-0.3, -0.25) is 0 Å². The van der Waals surface area contributed by atoms with Crippen molar-refractivity contribution in [1.82, 2.24) is 0 Å². The van der Waals surface area contributed by atoms with Crippen LogP contribution in [0.3, 0.4) is 0 Å². The van der Waals surface area contributed by atoms with Gasteiger partial charge in [-0.2, -0.15) is 5.26 Å². The molecule has 0 unspecified atom stereocenters. The van der Waals surface area contributed by atoms with Gasteiger partial charge in [-0.25, -0.2) is 8.78 Å². The van der Waals surface area contributed by atoms with E-state index < -0.39 is 11.6 Å². The topological polar surface area (TPSA) is 33.0 Å². The molecule has 0 saturated heterocycles. The molecular formula is C16H13F2NOS. The molecule has 0 spiro atoms. The monoisotopic (exact) mass is 305 g/mol. The summed E-state index contributed by atoms with van der Waals surface area (Å²) in [6, 6.07) is 12.8. The van der Waals surface area contributed by atoms with E-state index in [0.29, 0.717) is 22.8 Å². The van der Waals surface area contributed by atoms with E-state index in [9.17, 15) is 8.78 Å². The predicted octanol–water partition coefficient (Wildman–Crippen LogP) is 4.40. The van der Waals surface area contributed by atoms with E-state index in [2.05, 4.69) is 0 Å². The maximum absolute atomic E-state index is 13.0. The van der Waals surface area contributed by atoms with E-state index >= 15 is 0 Å². The number of hydrogen-bond acceptors (Lipinski definition) is 3. The standard InChI is InChI=1S/C16H13F2NOS/c17-15-7-6-14(10-16(15)18)21-9-1-8-20-13-4-2-12(11-19)3-5-13/h2-7,10H,1,8-9H2. The molecule has 0 atom stereocenters. The molecule has 5 heteroatoms. The molecule has 2 aromatic rings. The van der Waals surface area contributed by atoms with Crippen molar-refractivity contribution in [2.45, 2.75) is 11.3 Å². The first-order chi connectivity index (χ1) is 10.2. The maximum atomic E-state index is 13.0. The molecule has 108 valence electrons. The molecule has 0 aliphatic carbocycles. The minimum Gasteiger partial charge on any atom is -0.494 e. The third-order valence-electron chi connectivity index (χ3n) is 2.70. The van der Waals surface area contributed by atoms with Gasteiger partial charge in [0.25, 0.3) is 0 Å². The Labute approximate surface area is 126 Å². The lowest BCUT2D eigenvalue weighted by Gasteiger charge is -2.06. The van der Waals surface area contributed by atoms with E-state index in [1.165, 1.54) is 17.8 Å². The number of halogens is 2. The molecule has 21 heavy (non-hydrogen) atoms. The Morgan fingerprint density at radius 2 is 1.81 bits per heavy atom. The van der Waals surface area contributed by atoms with Gasteiger partial charge in [0.2, 0.25) is 0 Å². The predicted molar refractivity (Wildman–Crippen MR) is 78.4 cm³/mol. The van der Waals surface area contributed by atoms with Crippen molar-refractivity contribution in [3.8, 4) is 11.8 Å². The highest BCUT2D eigenvalue weighted by atomic mass is 32.2. The molecule has 0 aliphatic heterocycles. The smallest absolute Gasteiger partial charge is 0.159 e. The maximum Gasteiger partial charge on any atom is 0.159 e. The fourth-order valence-electron chi connectivity index (χ4n) is 1.63. The Morgan fingerprint density at radius 1 is 1.05 bits per heavy atom. The summed E-state index contributed by atoms with van der Waals surface area (Å²) in [5, 5.41) is 8.68. The second kappa shape index (κ2) is 7.65. The number of benzene rings is 2. The van der Waals surface area contributed by atoms with Gasteiger partial charge in [0.1, 0.15) is 5.75 Å². The largest absolute Gasteiger partial charge is 0.494 e. The molecule has 2 aromatic carbocycles. The molecule has 0 bridgehead atoms. The lowest BCUT2D eigenvalue weighted by atomic mass is 10.2. The summed E-state index contributed by atoms with van der Waals surface area (Å²) in [7, 11) is 0. The van der Waals surface area contributed by atoms with Gasteiger partial charge in [-0.15, -0.1) is 11.8 Å². The zero-order valence-corrected chi connectivity index (χ0v) is 12.0. The Balaban J connectivity index is 1.69. The summed E-state index contributed by atoms with van der Waals surface area (Å²) in [6.45, 7) is 0.530. The van der Waals surface area contributed by atoms with Crippen molar-refractivity contribution in [2.75, 3.05) is 12.4 Å². The summed E-state index contributed by atoms with van der Waals surface area (Å²) >= 11 is 1.45.